The number of carbonyl (C=O) groups excluding carboxylic acids is 1. The van der Waals surface area contributed by atoms with Crippen molar-refractivity contribution in [1.29, 1.82) is 0 Å². The maximum absolute atomic E-state index is 11.7. The van der Waals surface area contributed by atoms with Crippen LogP contribution in [0.4, 0.5) is 0 Å². The first-order chi connectivity index (χ1) is 10.3. The maximum Gasteiger partial charge on any atom is 0.323 e. The monoisotopic (exact) mass is 289 g/mol. The van der Waals surface area contributed by atoms with Crippen LogP contribution in [0, 0.1) is 0 Å². The maximum atomic E-state index is 11.7. The minimum atomic E-state index is -0.135. The second-order valence-corrected chi connectivity index (χ2v) is 5.19. The average Bonchev–Trinajstić information content (AvgIpc) is 3.14. The van der Waals surface area contributed by atoms with Crippen LogP contribution >= 0.6 is 0 Å². The topological polar surface area (TPSA) is 48.0 Å². The minimum absolute atomic E-state index is 0.101. The molecule has 2 heterocycles. The Kier molecular flexibility index (Phi) is 4.10. The molecule has 21 heavy (non-hydrogen) atoms. The fourth-order valence-electron chi connectivity index (χ4n) is 2.79. The highest BCUT2D eigenvalue weighted by molar-refractivity contribution is 5.76. The molecule has 0 amide bonds. The molecule has 0 aliphatic carbocycles. The highest BCUT2D eigenvalue weighted by Crippen LogP contribution is 2.32. The number of ether oxygens (including phenoxy) is 3. The zero-order valence-corrected chi connectivity index (χ0v) is 12.1. The molecular weight excluding hydrogens is 270 g/mol. The van der Waals surface area contributed by atoms with Gasteiger partial charge in [0.2, 0.25) is 6.79 Å². The van der Waals surface area contributed by atoms with Gasteiger partial charge in [0.1, 0.15) is 6.04 Å². The number of methoxy groups -OCH3 is 1. The van der Waals surface area contributed by atoms with E-state index in [2.05, 4.69) is 11.0 Å². The zero-order chi connectivity index (χ0) is 14.7. The Morgan fingerprint density at radius 3 is 3.14 bits per heavy atom. The second kappa shape index (κ2) is 6.18. The van der Waals surface area contributed by atoms with Crippen LogP contribution in [-0.2, 0) is 9.53 Å². The lowest BCUT2D eigenvalue weighted by atomic mass is 10.2. The lowest BCUT2D eigenvalue weighted by Crippen LogP contribution is -2.36. The predicted molar refractivity (Wildman–Crippen MR) is 78.2 cm³/mol. The van der Waals surface area contributed by atoms with E-state index in [1.165, 1.54) is 7.11 Å². The van der Waals surface area contributed by atoms with Crippen molar-refractivity contribution >= 4 is 12.0 Å². The van der Waals surface area contributed by atoms with Gasteiger partial charge < -0.3 is 14.2 Å². The van der Waals surface area contributed by atoms with Crippen LogP contribution in [0.1, 0.15) is 18.4 Å². The summed E-state index contributed by atoms with van der Waals surface area (Å²) in [4.78, 5) is 13.8. The van der Waals surface area contributed by atoms with E-state index in [1.807, 2.05) is 24.3 Å². The molecule has 1 aromatic carbocycles. The van der Waals surface area contributed by atoms with E-state index in [1.54, 1.807) is 0 Å². The normalized spacial score (nSPS) is 21.1. The van der Waals surface area contributed by atoms with Crippen LogP contribution in [0.5, 0.6) is 11.5 Å². The zero-order valence-electron chi connectivity index (χ0n) is 12.1. The van der Waals surface area contributed by atoms with E-state index in [0.29, 0.717) is 0 Å². The van der Waals surface area contributed by atoms with Gasteiger partial charge >= 0.3 is 5.97 Å². The fraction of sp³-hybridized carbons (Fsp3) is 0.438. The number of likely N-dealkylation sites (tertiary alicyclic amines) is 1. The third kappa shape index (κ3) is 3.03. The summed E-state index contributed by atoms with van der Waals surface area (Å²) in [6.45, 7) is 1.97. The van der Waals surface area contributed by atoms with E-state index < -0.39 is 0 Å². The minimum Gasteiger partial charge on any atom is -0.468 e. The Bertz CT molecular complexity index is 555. The molecule has 0 aromatic heterocycles. The van der Waals surface area contributed by atoms with Gasteiger partial charge in [-0.1, -0.05) is 18.2 Å². The van der Waals surface area contributed by atoms with Gasteiger partial charge in [0, 0.05) is 6.54 Å². The molecule has 5 heteroatoms. The number of fused-ring (bicyclic) bond motifs is 1. The summed E-state index contributed by atoms with van der Waals surface area (Å²) in [6.07, 6.45) is 6.02. The molecule has 0 N–H and O–H groups in total. The summed E-state index contributed by atoms with van der Waals surface area (Å²) >= 11 is 0. The van der Waals surface area contributed by atoms with Crippen molar-refractivity contribution in [1.82, 2.24) is 4.90 Å². The van der Waals surface area contributed by atoms with Crippen LogP contribution in [-0.4, -0.2) is 43.9 Å². The van der Waals surface area contributed by atoms with Crippen molar-refractivity contribution in [2.24, 2.45) is 0 Å². The van der Waals surface area contributed by atoms with E-state index in [9.17, 15) is 4.79 Å². The Labute approximate surface area is 124 Å². The van der Waals surface area contributed by atoms with Gasteiger partial charge in [-0.2, -0.15) is 0 Å². The average molecular weight is 289 g/mol. The smallest absolute Gasteiger partial charge is 0.323 e. The van der Waals surface area contributed by atoms with Crippen LogP contribution in [0.2, 0.25) is 0 Å². The molecule has 112 valence electrons. The Morgan fingerprint density at radius 2 is 2.29 bits per heavy atom. The molecule has 0 unspecified atom stereocenters. The van der Waals surface area contributed by atoms with Gasteiger partial charge in [0.25, 0.3) is 0 Å². The van der Waals surface area contributed by atoms with E-state index >= 15 is 0 Å². The van der Waals surface area contributed by atoms with Gasteiger partial charge in [-0.25, -0.2) is 0 Å². The fourth-order valence-corrected chi connectivity index (χ4v) is 2.79. The third-order valence-corrected chi connectivity index (χ3v) is 3.88. The molecule has 2 aliphatic heterocycles. The molecule has 0 saturated carbocycles. The first-order valence-corrected chi connectivity index (χ1v) is 7.16. The van der Waals surface area contributed by atoms with Crippen molar-refractivity contribution < 1.29 is 19.0 Å². The Morgan fingerprint density at radius 1 is 1.43 bits per heavy atom. The Hall–Kier alpha value is -2.01. The number of carbonyl (C=O) groups is 1. The molecule has 3 rings (SSSR count). The van der Waals surface area contributed by atoms with Gasteiger partial charge in [0.05, 0.1) is 7.11 Å². The highest BCUT2D eigenvalue weighted by Gasteiger charge is 2.30. The summed E-state index contributed by atoms with van der Waals surface area (Å²) in [5.74, 6) is 1.44. The number of hydrogen-bond acceptors (Lipinski definition) is 5. The molecule has 1 saturated heterocycles. The van der Waals surface area contributed by atoms with E-state index in [0.717, 1.165) is 43.0 Å². The number of hydrogen-bond donors (Lipinski definition) is 0. The van der Waals surface area contributed by atoms with Crippen molar-refractivity contribution in [2.75, 3.05) is 27.0 Å². The molecule has 2 aliphatic rings. The summed E-state index contributed by atoms with van der Waals surface area (Å²) in [7, 11) is 1.45. The number of esters is 1. The van der Waals surface area contributed by atoms with Crippen molar-refractivity contribution in [3.05, 3.63) is 29.8 Å². The largest absolute Gasteiger partial charge is 0.468 e. The lowest BCUT2D eigenvalue weighted by molar-refractivity contribution is -0.145. The Balaban J connectivity index is 1.60. The molecule has 0 radical (unpaired) electrons. The van der Waals surface area contributed by atoms with E-state index in [-0.39, 0.29) is 18.8 Å². The number of benzene rings is 1. The number of rotatable bonds is 4. The second-order valence-electron chi connectivity index (χ2n) is 5.19. The molecule has 1 atom stereocenters. The highest BCUT2D eigenvalue weighted by atomic mass is 16.7. The van der Waals surface area contributed by atoms with Gasteiger partial charge in [-0.15, -0.1) is 0 Å². The van der Waals surface area contributed by atoms with Crippen LogP contribution < -0.4 is 9.47 Å². The first kappa shape index (κ1) is 13.9. The summed E-state index contributed by atoms with van der Waals surface area (Å²) in [5, 5.41) is 0. The molecule has 1 aromatic rings. The standard InChI is InChI=1S/C16H19NO4/c1-19-16(18)13-5-3-9-17(13)8-2-4-12-6-7-14-15(10-12)21-11-20-14/h2,4,6-7,10,13H,3,5,8-9,11H2,1H3/b4-2+/t13-/m1/s1. The number of nitrogens with zero attached hydrogens (tertiary/aromatic N) is 1. The molecule has 0 spiro atoms. The SMILES string of the molecule is COC(=O)[C@H]1CCCN1C/C=C/c1ccc2c(c1)OCO2. The summed E-state index contributed by atoms with van der Waals surface area (Å²) in [5.41, 5.74) is 1.06. The van der Waals surface area contributed by atoms with Crippen LogP contribution in [0.3, 0.4) is 0 Å². The molecule has 5 nitrogen and oxygen atoms in total. The van der Waals surface area contributed by atoms with Crippen molar-refractivity contribution in [2.45, 2.75) is 18.9 Å². The first-order valence-electron chi connectivity index (χ1n) is 7.16. The third-order valence-electron chi connectivity index (χ3n) is 3.88. The summed E-state index contributed by atoms with van der Waals surface area (Å²) < 4.78 is 15.5. The van der Waals surface area contributed by atoms with Gasteiger partial charge in [-0.05, 0) is 37.1 Å². The van der Waals surface area contributed by atoms with Gasteiger partial charge in [0.15, 0.2) is 11.5 Å². The predicted octanol–water partition coefficient (Wildman–Crippen LogP) is 2.07. The molecule has 0 bridgehead atoms. The van der Waals surface area contributed by atoms with Crippen molar-refractivity contribution in [3.63, 3.8) is 0 Å². The summed E-state index contributed by atoms with van der Waals surface area (Å²) in [6, 6.07) is 5.76. The van der Waals surface area contributed by atoms with Crippen molar-refractivity contribution in [3.8, 4) is 11.5 Å². The lowest BCUT2D eigenvalue weighted by Gasteiger charge is -2.20. The van der Waals surface area contributed by atoms with Crippen LogP contribution in [0.25, 0.3) is 6.08 Å². The van der Waals surface area contributed by atoms with Gasteiger partial charge in [-0.3, -0.25) is 9.69 Å². The van der Waals surface area contributed by atoms with Crippen LogP contribution in [0.15, 0.2) is 24.3 Å². The quantitative estimate of drug-likeness (QED) is 0.794. The molecular formula is C16H19NO4. The van der Waals surface area contributed by atoms with E-state index in [4.69, 9.17) is 14.2 Å². The molecule has 1 fully saturated rings.